The number of amides is 1. The van der Waals surface area contributed by atoms with Crippen molar-refractivity contribution in [2.24, 2.45) is 0 Å². The Labute approximate surface area is 210 Å². The maximum absolute atomic E-state index is 13.6. The van der Waals surface area contributed by atoms with Gasteiger partial charge in [-0.15, -0.1) is 11.8 Å². The highest BCUT2D eigenvalue weighted by Crippen LogP contribution is 2.25. The van der Waals surface area contributed by atoms with Crippen molar-refractivity contribution in [1.82, 2.24) is 24.4 Å². The zero-order valence-electron chi connectivity index (χ0n) is 19.2. The van der Waals surface area contributed by atoms with Crippen molar-refractivity contribution in [3.05, 3.63) is 82.0 Å². The summed E-state index contributed by atoms with van der Waals surface area (Å²) in [7, 11) is 0. The second-order valence-electron chi connectivity index (χ2n) is 8.46. The third kappa shape index (κ3) is 5.61. The minimum Gasteiger partial charge on any atom is -0.339 e. The van der Waals surface area contributed by atoms with Gasteiger partial charge >= 0.3 is 0 Å². The fourth-order valence-corrected chi connectivity index (χ4v) is 5.65. The van der Waals surface area contributed by atoms with E-state index in [9.17, 15) is 14.0 Å². The lowest BCUT2D eigenvalue weighted by Gasteiger charge is -2.34. The van der Waals surface area contributed by atoms with Crippen LogP contribution in [-0.4, -0.2) is 62.2 Å². The second-order valence-corrected chi connectivity index (χ2v) is 10.5. The Kier molecular flexibility index (Phi) is 6.94. The van der Waals surface area contributed by atoms with Gasteiger partial charge in [0.1, 0.15) is 10.8 Å². The molecule has 1 fully saturated rings. The largest absolute Gasteiger partial charge is 0.339 e. The Bertz CT molecular complexity index is 1410. The predicted octanol–water partition coefficient (Wildman–Crippen LogP) is 3.70. The van der Waals surface area contributed by atoms with Gasteiger partial charge in [-0.25, -0.2) is 9.37 Å². The molecule has 1 amide bonds. The van der Waals surface area contributed by atoms with Crippen LogP contribution in [0.15, 0.2) is 64.3 Å². The Hall–Kier alpha value is -3.08. The number of aryl methyl sites for hydroxylation is 1. The average Bonchev–Trinajstić information content (AvgIpc) is 3.29. The van der Waals surface area contributed by atoms with Gasteiger partial charge in [0.25, 0.3) is 5.56 Å². The summed E-state index contributed by atoms with van der Waals surface area (Å²) in [6, 6.07) is 15.8. The van der Waals surface area contributed by atoms with Gasteiger partial charge in [-0.1, -0.05) is 41.2 Å². The molecule has 0 aliphatic carbocycles. The van der Waals surface area contributed by atoms with E-state index in [2.05, 4.69) is 27.1 Å². The summed E-state index contributed by atoms with van der Waals surface area (Å²) in [5.74, 6) is 0.216. The summed E-state index contributed by atoms with van der Waals surface area (Å²) in [6.07, 6.45) is 0. The first kappa shape index (κ1) is 23.7. The highest BCUT2D eigenvalue weighted by Gasteiger charge is 2.22. The van der Waals surface area contributed by atoms with Gasteiger partial charge in [-0.2, -0.15) is 9.61 Å². The molecule has 0 atom stereocenters. The maximum atomic E-state index is 13.6. The third-order valence-electron chi connectivity index (χ3n) is 5.86. The lowest BCUT2D eigenvalue weighted by Crippen LogP contribution is -2.49. The van der Waals surface area contributed by atoms with Crippen molar-refractivity contribution < 1.29 is 9.18 Å². The van der Waals surface area contributed by atoms with Crippen molar-refractivity contribution in [3.63, 3.8) is 0 Å². The van der Waals surface area contributed by atoms with E-state index in [0.29, 0.717) is 46.6 Å². The fourth-order valence-electron chi connectivity index (χ4n) is 3.93. The number of carbonyl (C=O) groups is 1. The standard InChI is InChI=1S/C25H24FN5O2S2/c1-17-5-7-21(8-6-17)34-16-23(33)30-11-9-29(10-12-30)15-20-14-22(32)31-25(27-20)35-24(28-31)18-3-2-4-19(26)13-18/h2-8,13-14H,9-12,15-16H2,1H3. The molecule has 0 unspecified atom stereocenters. The molecule has 180 valence electrons. The fraction of sp³-hybridized carbons (Fsp3) is 0.280. The van der Waals surface area contributed by atoms with Crippen LogP contribution in [0.5, 0.6) is 0 Å². The van der Waals surface area contributed by atoms with E-state index in [4.69, 9.17) is 0 Å². The molecule has 10 heteroatoms. The van der Waals surface area contributed by atoms with Gasteiger partial charge in [0.15, 0.2) is 0 Å². The minimum atomic E-state index is -0.353. The van der Waals surface area contributed by atoms with E-state index in [1.165, 1.54) is 39.6 Å². The summed E-state index contributed by atoms with van der Waals surface area (Å²) in [4.78, 5) is 35.6. The first-order valence-corrected chi connectivity index (χ1v) is 13.1. The molecule has 0 N–H and O–H groups in total. The lowest BCUT2D eigenvalue weighted by molar-refractivity contribution is -0.130. The number of thioether (sulfide) groups is 1. The Balaban J connectivity index is 1.19. The van der Waals surface area contributed by atoms with Crippen LogP contribution in [0.3, 0.4) is 0 Å². The molecular weight excluding hydrogens is 485 g/mol. The van der Waals surface area contributed by atoms with E-state index in [0.717, 1.165) is 18.0 Å². The second kappa shape index (κ2) is 10.3. The molecule has 0 spiro atoms. The quantitative estimate of drug-likeness (QED) is 0.369. The zero-order valence-corrected chi connectivity index (χ0v) is 20.8. The molecule has 2 aromatic heterocycles. The predicted molar refractivity (Wildman–Crippen MR) is 136 cm³/mol. The monoisotopic (exact) mass is 509 g/mol. The van der Waals surface area contributed by atoms with E-state index in [1.807, 2.05) is 24.0 Å². The molecule has 0 saturated carbocycles. The number of fused-ring (bicyclic) bond motifs is 1. The number of carbonyl (C=O) groups excluding carboxylic acids is 1. The number of halogens is 1. The first-order valence-electron chi connectivity index (χ1n) is 11.3. The van der Waals surface area contributed by atoms with Crippen molar-refractivity contribution in [2.75, 3.05) is 31.9 Å². The Morgan fingerprint density at radius 2 is 1.86 bits per heavy atom. The number of piperazine rings is 1. The minimum absolute atomic E-state index is 0.141. The van der Waals surface area contributed by atoms with E-state index >= 15 is 0 Å². The molecular formula is C25H24FN5O2S2. The van der Waals surface area contributed by atoms with Crippen LogP contribution in [0, 0.1) is 12.7 Å². The summed E-state index contributed by atoms with van der Waals surface area (Å²) >= 11 is 2.82. The number of aromatic nitrogens is 3. The lowest BCUT2D eigenvalue weighted by atomic mass is 10.2. The number of nitrogens with zero attached hydrogens (tertiary/aromatic N) is 5. The van der Waals surface area contributed by atoms with Crippen LogP contribution in [0.1, 0.15) is 11.3 Å². The van der Waals surface area contributed by atoms with Gasteiger partial charge in [-0.05, 0) is 31.2 Å². The summed E-state index contributed by atoms with van der Waals surface area (Å²) < 4.78 is 14.8. The number of benzene rings is 2. The van der Waals surface area contributed by atoms with Crippen LogP contribution < -0.4 is 5.56 Å². The molecule has 1 aliphatic rings. The normalized spacial score (nSPS) is 14.5. The van der Waals surface area contributed by atoms with Gasteiger partial charge in [0.2, 0.25) is 10.9 Å². The van der Waals surface area contributed by atoms with Crippen molar-refractivity contribution in [3.8, 4) is 10.6 Å². The van der Waals surface area contributed by atoms with Gasteiger partial charge in [0.05, 0.1) is 11.4 Å². The van der Waals surface area contributed by atoms with Crippen LogP contribution in [-0.2, 0) is 11.3 Å². The molecule has 1 aliphatic heterocycles. The van der Waals surface area contributed by atoms with Crippen LogP contribution >= 0.6 is 23.1 Å². The molecule has 4 aromatic rings. The highest BCUT2D eigenvalue weighted by molar-refractivity contribution is 8.00. The molecule has 0 bridgehead atoms. The number of rotatable bonds is 6. The Morgan fingerprint density at radius 1 is 1.09 bits per heavy atom. The van der Waals surface area contributed by atoms with E-state index < -0.39 is 0 Å². The molecule has 1 saturated heterocycles. The van der Waals surface area contributed by atoms with Crippen LogP contribution in [0.25, 0.3) is 15.5 Å². The zero-order chi connectivity index (χ0) is 24.4. The van der Waals surface area contributed by atoms with Crippen LogP contribution in [0.2, 0.25) is 0 Å². The molecule has 2 aromatic carbocycles. The van der Waals surface area contributed by atoms with Crippen LogP contribution in [0.4, 0.5) is 4.39 Å². The molecule has 5 rings (SSSR count). The summed E-state index contributed by atoms with van der Waals surface area (Å²) in [6.45, 7) is 5.32. The van der Waals surface area contributed by atoms with E-state index in [-0.39, 0.29) is 17.3 Å². The van der Waals surface area contributed by atoms with Gasteiger partial charge < -0.3 is 4.90 Å². The maximum Gasteiger partial charge on any atom is 0.275 e. The summed E-state index contributed by atoms with van der Waals surface area (Å²) in [5.41, 5.74) is 2.23. The molecule has 3 heterocycles. The van der Waals surface area contributed by atoms with Gasteiger partial charge in [-0.3, -0.25) is 14.5 Å². The SMILES string of the molecule is Cc1ccc(SCC(=O)N2CCN(Cc3cc(=O)n4nc(-c5cccc(F)c5)sc4n3)CC2)cc1. The first-order chi connectivity index (χ1) is 16.9. The molecule has 35 heavy (non-hydrogen) atoms. The summed E-state index contributed by atoms with van der Waals surface area (Å²) in [5, 5.41) is 4.86. The van der Waals surface area contributed by atoms with Gasteiger partial charge in [0, 0.05) is 49.2 Å². The average molecular weight is 510 g/mol. The highest BCUT2D eigenvalue weighted by atomic mass is 32.2. The smallest absolute Gasteiger partial charge is 0.275 e. The topological polar surface area (TPSA) is 70.8 Å². The van der Waals surface area contributed by atoms with Crippen molar-refractivity contribution >= 4 is 34.0 Å². The van der Waals surface area contributed by atoms with Crippen molar-refractivity contribution in [2.45, 2.75) is 18.4 Å². The van der Waals surface area contributed by atoms with Crippen molar-refractivity contribution in [1.29, 1.82) is 0 Å². The molecule has 0 radical (unpaired) electrons. The molecule has 7 nitrogen and oxygen atoms in total. The number of hydrogen-bond acceptors (Lipinski definition) is 7. The third-order valence-corrected chi connectivity index (χ3v) is 7.82. The number of hydrogen-bond donors (Lipinski definition) is 0. The Morgan fingerprint density at radius 3 is 2.60 bits per heavy atom. The van der Waals surface area contributed by atoms with E-state index in [1.54, 1.807) is 23.9 Å².